The van der Waals surface area contributed by atoms with E-state index in [9.17, 15) is 8.78 Å². The van der Waals surface area contributed by atoms with E-state index in [0.717, 1.165) is 0 Å². The lowest BCUT2D eigenvalue weighted by atomic mass is 10.1. The van der Waals surface area contributed by atoms with Gasteiger partial charge in [0.1, 0.15) is 11.6 Å². The SMILES string of the molecule is C=CCc1cc(F)c(I)c(F)c1. The van der Waals surface area contributed by atoms with Crippen molar-refractivity contribution in [1.82, 2.24) is 0 Å². The minimum Gasteiger partial charge on any atom is -0.206 e. The molecule has 0 amide bonds. The number of benzene rings is 1. The molecule has 0 saturated heterocycles. The summed E-state index contributed by atoms with van der Waals surface area (Å²) in [5, 5.41) is 0. The minimum absolute atomic E-state index is 0.0420. The highest BCUT2D eigenvalue weighted by Gasteiger charge is 2.06. The van der Waals surface area contributed by atoms with Crippen LogP contribution < -0.4 is 0 Å². The van der Waals surface area contributed by atoms with Crippen LogP contribution in [-0.2, 0) is 6.42 Å². The molecule has 0 fully saturated rings. The third kappa shape index (κ3) is 2.03. The van der Waals surface area contributed by atoms with Crippen molar-refractivity contribution in [2.24, 2.45) is 0 Å². The van der Waals surface area contributed by atoms with Gasteiger partial charge in [0, 0.05) is 0 Å². The Morgan fingerprint density at radius 3 is 2.25 bits per heavy atom. The molecule has 0 nitrogen and oxygen atoms in total. The predicted molar refractivity (Wildman–Crippen MR) is 53.0 cm³/mol. The van der Waals surface area contributed by atoms with Gasteiger partial charge >= 0.3 is 0 Å². The first-order valence-electron chi connectivity index (χ1n) is 3.39. The molecule has 0 saturated carbocycles. The zero-order valence-electron chi connectivity index (χ0n) is 6.28. The van der Waals surface area contributed by atoms with Gasteiger partial charge in [0.05, 0.1) is 3.57 Å². The summed E-state index contributed by atoms with van der Waals surface area (Å²) in [5.74, 6) is -1.01. The third-order valence-corrected chi connectivity index (χ3v) is 2.45. The Kier molecular flexibility index (Phi) is 3.20. The zero-order valence-corrected chi connectivity index (χ0v) is 8.44. The van der Waals surface area contributed by atoms with Crippen LogP contribution in [-0.4, -0.2) is 0 Å². The Hall–Kier alpha value is -0.450. The standard InChI is InChI=1S/C9H7F2I/c1-2-3-6-4-7(10)9(12)8(11)5-6/h2,4-5H,1,3H2. The summed E-state index contributed by atoms with van der Waals surface area (Å²) in [4.78, 5) is 0. The zero-order chi connectivity index (χ0) is 9.14. The van der Waals surface area contributed by atoms with Gasteiger partial charge in [0.15, 0.2) is 0 Å². The quantitative estimate of drug-likeness (QED) is 0.443. The van der Waals surface area contributed by atoms with Gasteiger partial charge in [-0.25, -0.2) is 8.78 Å². The molecule has 0 radical (unpaired) electrons. The summed E-state index contributed by atoms with van der Waals surface area (Å²) < 4.78 is 25.8. The van der Waals surface area contributed by atoms with Gasteiger partial charge in [-0.3, -0.25) is 0 Å². The van der Waals surface area contributed by atoms with E-state index in [1.807, 2.05) is 0 Å². The van der Waals surface area contributed by atoms with Crippen molar-refractivity contribution in [3.05, 3.63) is 45.6 Å². The molecule has 64 valence electrons. The second-order valence-electron chi connectivity index (χ2n) is 2.37. The van der Waals surface area contributed by atoms with E-state index in [1.54, 1.807) is 28.7 Å². The van der Waals surface area contributed by atoms with E-state index in [4.69, 9.17) is 0 Å². The molecular weight excluding hydrogens is 273 g/mol. The number of halogens is 3. The van der Waals surface area contributed by atoms with Crippen LogP contribution in [0.5, 0.6) is 0 Å². The molecule has 0 aliphatic heterocycles. The summed E-state index contributed by atoms with van der Waals surface area (Å²) >= 11 is 1.64. The number of allylic oxidation sites excluding steroid dienone is 1. The molecule has 0 unspecified atom stereocenters. The van der Waals surface area contributed by atoms with E-state index >= 15 is 0 Å². The number of hydrogen-bond acceptors (Lipinski definition) is 0. The first-order valence-corrected chi connectivity index (χ1v) is 4.47. The molecule has 0 aliphatic carbocycles. The van der Waals surface area contributed by atoms with E-state index < -0.39 is 11.6 Å². The fraction of sp³-hybridized carbons (Fsp3) is 0.111. The van der Waals surface area contributed by atoms with Crippen LogP contribution in [0.4, 0.5) is 8.78 Å². The summed E-state index contributed by atoms with van der Waals surface area (Å²) in [6.07, 6.45) is 2.10. The van der Waals surface area contributed by atoms with Crippen molar-refractivity contribution in [2.75, 3.05) is 0 Å². The molecule has 1 aromatic carbocycles. The maximum Gasteiger partial charge on any atom is 0.139 e. The van der Waals surface area contributed by atoms with Crippen LogP contribution in [0.25, 0.3) is 0 Å². The highest BCUT2D eigenvalue weighted by atomic mass is 127. The van der Waals surface area contributed by atoms with Crippen LogP contribution in [0.3, 0.4) is 0 Å². The van der Waals surface area contributed by atoms with Crippen LogP contribution in [0.2, 0.25) is 0 Å². The van der Waals surface area contributed by atoms with E-state index in [0.29, 0.717) is 12.0 Å². The maximum atomic E-state index is 12.9. The summed E-state index contributed by atoms with van der Waals surface area (Å²) in [6.45, 7) is 3.49. The smallest absolute Gasteiger partial charge is 0.139 e. The molecule has 0 N–H and O–H groups in total. The first kappa shape index (κ1) is 9.64. The largest absolute Gasteiger partial charge is 0.206 e. The van der Waals surface area contributed by atoms with E-state index in [1.165, 1.54) is 12.1 Å². The Balaban J connectivity index is 3.11. The van der Waals surface area contributed by atoms with Crippen LogP contribution >= 0.6 is 22.6 Å². The topological polar surface area (TPSA) is 0 Å². The van der Waals surface area contributed by atoms with Gasteiger partial charge in [0.2, 0.25) is 0 Å². The lowest BCUT2D eigenvalue weighted by molar-refractivity contribution is 0.568. The van der Waals surface area contributed by atoms with Gasteiger partial charge in [-0.05, 0) is 46.7 Å². The van der Waals surface area contributed by atoms with Crippen molar-refractivity contribution in [1.29, 1.82) is 0 Å². The Bertz CT molecular complexity index is 284. The van der Waals surface area contributed by atoms with Crippen molar-refractivity contribution in [3.8, 4) is 0 Å². The first-order chi connectivity index (χ1) is 5.65. The predicted octanol–water partition coefficient (Wildman–Crippen LogP) is 3.30. The highest BCUT2D eigenvalue weighted by molar-refractivity contribution is 14.1. The fourth-order valence-electron chi connectivity index (χ4n) is 0.893. The van der Waals surface area contributed by atoms with Crippen LogP contribution in [0, 0.1) is 15.2 Å². The second kappa shape index (κ2) is 3.98. The van der Waals surface area contributed by atoms with Crippen molar-refractivity contribution >= 4 is 22.6 Å². The Morgan fingerprint density at radius 2 is 1.83 bits per heavy atom. The molecule has 1 rings (SSSR count). The van der Waals surface area contributed by atoms with Crippen molar-refractivity contribution in [3.63, 3.8) is 0 Å². The maximum absolute atomic E-state index is 12.9. The van der Waals surface area contributed by atoms with E-state index in [-0.39, 0.29) is 3.57 Å². The van der Waals surface area contributed by atoms with Gasteiger partial charge in [0.25, 0.3) is 0 Å². The minimum atomic E-state index is -0.507. The average Bonchev–Trinajstić information content (AvgIpc) is 2.01. The highest BCUT2D eigenvalue weighted by Crippen LogP contribution is 2.17. The molecule has 0 bridgehead atoms. The molecule has 0 heterocycles. The number of hydrogen-bond donors (Lipinski definition) is 0. The third-order valence-electron chi connectivity index (χ3n) is 1.42. The van der Waals surface area contributed by atoms with E-state index in [2.05, 4.69) is 6.58 Å². The molecular formula is C9H7F2I. The summed E-state index contributed by atoms with van der Waals surface area (Å²) in [7, 11) is 0. The lowest BCUT2D eigenvalue weighted by Crippen LogP contribution is -1.92. The van der Waals surface area contributed by atoms with Crippen LogP contribution in [0.15, 0.2) is 24.8 Å². The summed E-state index contributed by atoms with van der Waals surface area (Å²) in [5.41, 5.74) is 0.611. The van der Waals surface area contributed by atoms with Crippen LogP contribution in [0.1, 0.15) is 5.56 Å². The summed E-state index contributed by atoms with van der Waals surface area (Å²) in [6, 6.07) is 2.65. The Labute approximate surface area is 83.4 Å². The Morgan fingerprint density at radius 1 is 1.33 bits per heavy atom. The monoisotopic (exact) mass is 280 g/mol. The molecule has 0 spiro atoms. The number of rotatable bonds is 2. The van der Waals surface area contributed by atoms with Gasteiger partial charge in [-0.1, -0.05) is 6.08 Å². The molecule has 1 aromatic rings. The lowest BCUT2D eigenvalue weighted by Gasteiger charge is -2.00. The van der Waals surface area contributed by atoms with Gasteiger partial charge in [-0.15, -0.1) is 6.58 Å². The molecule has 0 aromatic heterocycles. The molecule has 0 atom stereocenters. The fourth-order valence-corrected chi connectivity index (χ4v) is 1.20. The van der Waals surface area contributed by atoms with Crippen molar-refractivity contribution in [2.45, 2.75) is 6.42 Å². The van der Waals surface area contributed by atoms with Crippen molar-refractivity contribution < 1.29 is 8.78 Å². The van der Waals surface area contributed by atoms with Gasteiger partial charge in [-0.2, -0.15) is 0 Å². The normalized spacial score (nSPS) is 9.92. The molecule has 3 heteroatoms. The van der Waals surface area contributed by atoms with Gasteiger partial charge < -0.3 is 0 Å². The average molecular weight is 280 g/mol. The second-order valence-corrected chi connectivity index (χ2v) is 3.44. The molecule has 12 heavy (non-hydrogen) atoms. The molecule has 0 aliphatic rings.